The lowest BCUT2D eigenvalue weighted by Crippen LogP contribution is -2.24. The van der Waals surface area contributed by atoms with E-state index in [9.17, 15) is 0 Å². The molecule has 18 heavy (non-hydrogen) atoms. The molecule has 0 fully saturated rings. The predicted octanol–water partition coefficient (Wildman–Crippen LogP) is 1.65. The fourth-order valence-electron chi connectivity index (χ4n) is 1.80. The van der Waals surface area contributed by atoms with E-state index < -0.39 is 0 Å². The summed E-state index contributed by atoms with van der Waals surface area (Å²) in [6.45, 7) is 8.90. The minimum absolute atomic E-state index is 0.470. The summed E-state index contributed by atoms with van der Waals surface area (Å²) >= 11 is 0. The number of nitrogens with zero attached hydrogens (tertiary/aromatic N) is 4. The Morgan fingerprint density at radius 1 is 1.39 bits per heavy atom. The number of imidazole rings is 1. The maximum absolute atomic E-state index is 4.38. The van der Waals surface area contributed by atoms with Crippen LogP contribution in [-0.2, 0) is 19.6 Å². The van der Waals surface area contributed by atoms with Gasteiger partial charge in [-0.05, 0) is 6.92 Å². The summed E-state index contributed by atoms with van der Waals surface area (Å²) in [5.74, 6) is 1.06. The molecule has 0 atom stereocenters. The van der Waals surface area contributed by atoms with Crippen LogP contribution in [0.2, 0.25) is 0 Å². The van der Waals surface area contributed by atoms with Crippen LogP contribution >= 0.6 is 0 Å². The highest BCUT2D eigenvalue weighted by atomic mass is 15.3. The third kappa shape index (κ3) is 3.20. The molecule has 5 heteroatoms. The van der Waals surface area contributed by atoms with Crippen LogP contribution in [0.25, 0.3) is 0 Å². The number of aromatic nitrogens is 4. The zero-order chi connectivity index (χ0) is 13.0. The van der Waals surface area contributed by atoms with E-state index in [2.05, 4.69) is 46.9 Å². The third-order valence-corrected chi connectivity index (χ3v) is 2.83. The lowest BCUT2D eigenvalue weighted by molar-refractivity contribution is 0.554. The van der Waals surface area contributed by atoms with Gasteiger partial charge in [-0.3, -0.25) is 4.68 Å². The molecule has 0 aliphatic heterocycles. The zero-order valence-electron chi connectivity index (χ0n) is 11.3. The maximum atomic E-state index is 4.38. The summed E-state index contributed by atoms with van der Waals surface area (Å²) in [6.07, 6.45) is 7.87. The highest BCUT2D eigenvalue weighted by Gasteiger charge is 2.05. The number of hydrogen-bond donors (Lipinski definition) is 1. The van der Waals surface area contributed by atoms with Crippen molar-refractivity contribution in [3.8, 4) is 0 Å². The molecule has 2 rings (SSSR count). The molecule has 0 amide bonds. The molecule has 0 aliphatic carbocycles. The van der Waals surface area contributed by atoms with E-state index in [1.807, 2.05) is 23.3 Å². The average molecular weight is 247 g/mol. The van der Waals surface area contributed by atoms with Crippen molar-refractivity contribution in [1.29, 1.82) is 0 Å². The van der Waals surface area contributed by atoms with Gasteiger partial charge in [0, 0.05) is 36.7 Å². The van der Waals surface area contributed by atoms with Crippen LogP contribution in [-0.4, -0.2) is 25.4 Å². The van der Waals surface area contributed by atoms with Gasteiger partial charge in [0.1, 0.15) is 5.82 Å². The molecule has 0 radical (unpaired) electrons. The summed E-state index contributed by atoms with van der Waals surface area (Å²) < 4.78 is 4.10. The van der Waals surface area contributed by atoms with E-state index in [-0.39, 0.29) is 0 Å². The Labute approximate surface area is 108 Å². The Bertz CT molecular complexity index is 483. The van der Waals surface area contributed by atoms with Crippen molar-refractivity contribution < 1.29 is 0 Å². The molecule has 1 N–H and O–H groups in total. The fraction of sp³-hybridized carbons (Fsp3) is 0.538. The van der Waals surface area contributed by atoms with Gasteiger partial charge in [-0.2, -0.15) is 5.10 Å². The second-order valence-corrected chi connectivity index (χ2v) is 4.71. The van der Waals surface area contributed by atoms with E-state index in [1.165, 1.54) is 5.56 Å². The SMILES string of the molecule is CCn1cc(Cn2ccnc2CNC(C)C)cn1. The lowest BCUT2D eigenvalue weighted by atomic mass is 10.3. The fourth-order valence-corrected chi connectivity index (χ4v) is 1.80. The molecule has 2 aromatic rings. The van der Waals surface area contributed by atoms with Crippen molar-refractivity contribution in [3.05, 3.63) is 36.2 Å². The molecule has 0 bridgehead atoms. The van der Waals surface area contributed by atoms with Gasteiger partial charge in [0.2, 0.25) is 0 Å². The molecule has 0 spiro atoms. The summed E-state index contributed by atoms with van der Waals surface area (Å²) in [4.78, 5) is 4.38. The van der Waals surface area contributed by atoms with E-state index in [0.29, 0.717) is 6.04 Å². The first kappa shape index (κ1) is 12.8. The molecule has 2 heterocycles. The summed E-state index contributed by atoms with van der Waals surface area (Å²) in [5, 5.41) is 7.67. The monoisotopic (exact) mass is 247 g/mol. The average Bonchev–Trinajstić information content (AvgIpc) is 2.96. The molecule has 0 saturated heterocycles. The Hall–Kier alpha value is -1.62. The third-order valence-electron chi connectivity index (χ3n) is 2.83. The molecule has 98 valence electrons. The first-order valence-corrected chi connectivity index (χ1v) is 6.43. The second-order valence-electron chi connectivity index (χ2n) is 4.71. The molecule has 2 aromatic heterocycles. The van der Waals surface area contributed by atoms with Gasteiger partial charge >= 0.3 is 0 Å². The molecule has 0 aliphatic rings. The smallest absolute Gasteiger partial charge is 0.122 e. The van der Waals surface area contributed by atoms with Gasteiger partial charge in [0.05, 0.1) is 19.3 Å². The van der Waals surface area contributed by atoms with E-state index >= 15 is 0 Å². The van der Waals surface area contributed by atoms with E-state index in [1.54, 1.807) is 0 Å². The van der Waals surface area contributed by atoms with Crippen molar-refractivity contribution >= 4 is 0 Å². The van der Waals surface area contributed by atoms with Gasteiger partial charge in [0.15, 0.2) is 0 Å². The molecule has 0 unspecified atom stereocenters. The Morgan fingerprint density at radius 2 is 2.22 bits per heavy atom. The molecule has 0 saturated carbocycles. The first-order valence-electron chi connectivity index (χ1n) is 6.43. The molecule has 0 aromatic carbocycles. The maximum Gasteiger partial charge on any atom is 0.122 e. The minimum atomic E-state index is 0.470. The van der Waals surface area contributed by atoms with Gasteiger partial charge < -0.3 is 9.88 Å². The van der Waals surface area contributed by atoms with Crippen LogP contribution in [0.5, 0.6) is 0 Å². The molecular formula is C13H21N5. The van der Waals surface area contributed by atoms with Crippen LogP contribution in [0.4, 0.5) is 0 Å². The van der Waals surface area contributed by atoms with Gasteiger partial charge in [-0.1, -0.05) is 13.8 Å². The van der Waals surface area contributed by atoms with Crippen LogP contribution in [0, 0.1) is 0 Å². The van der Waals surface area contributed by atoms with Gasteiger partial charge in [-0.15, -0.1) is 0 Å². The van der Waals surface area contributed by atoms with E-state index in [0.717, 1.165) is 25.5 Å². The standard InChI is InChI=1S/C13H21N5/c1-4-18-10-12(7-16-18)9-17-6-5-14-13(17)8-15-11(2)3/h5-7,10-11,15H,4,8-9H2,1-3H3. The van der Waals surface area contributed by atoms with Crippen LogP contribution < -0.4 is 5.32 Å². The molecular weight excluding hydrogens is 226 g/mol. The van der Waals surface area contributed by atoms with Gasteiger partial charge in [-0.25, -0.2) is 4.98 Å². The van der Waals surface area contributed by atoms with Crippen LogP contribution in [0.1, 0.15) is 32.2 Å². The van der Waals surface area contributed by atoms with Crippen molar-refractivity contribution in [2.75, 3.05) is 0 Å². The molecule has 5 nitrogen and oxygen atoms in total. The summed E-state index contributed by atoms with van der Waals surface area (Å²) in [5.41, 5.74) is 1.21. The second kappa shape index (κ2) is 5.82. The Kier molecular flexibility index (Phi) is 4.15. The zero-order valence-corrected chi connectivity index (χ0v) is 11.3. The first-order chi connectivity index (χ1) is 8.69. The van der Waals surface area contributed by atoms with Crippen molar-refractivity contribution in [1.82, 2.24) is 24.6 Å². The van der Waals surface area contributed by atoms with E-state index in [4.69, 9.17) is 0 Å². The van der Waals surface area contributed by atoms with Crippen LogP contribution in [0.15, 0.2) is 24.8 Å². The largest absolute Gasteiger partial charge is 0.329 e. The summed E-state index contributed by atoms with van der Waals surface area (Å²) in [6, 6.07) is 0.470. The topological polar surface area (TPSA) is 47.7 Å². The number of rotatable bonds is 6. The van der Waals surface area contributed by atoms with Crippen LogP contribution in [0.3, 0.4) is 0 Å². The van der Waals surface area contributed by atoms with Crippen molar-refractivity contribution in [2.24, 2.45) is 0 Å². The van der Waals surface area contributed by atoms with Crippen molar-refractivity contribution in [2.45, 2.75) is 46.4 Å². The summed E-state index contributed by atoms with van der Waals surface area (Å²) in [7, 11) is 0. The highest BCUT2D eigenvalue weighted by Crippen LogP contribution is 2.05. The Morgan fingerprint density at radius 3 is 2.89 bits per heavy atom. The number of aryl methyl sites for hydroxylation is 1. The minimum Gasteiger partial charge on any atom is -0.329 e. The Balaban J connectivity index is 2.02. The van der Waals surface area contributed by atoms with Crippen molar-refractivity contribution in [3.63, 3.8) is 0 Å². The number of nitrogens with one attached hydrogen (secondary N) is 1. The quantitative estimate of drug-likeness (QED) is 0.844. The number of hydrogen-bond acceptors (Lipinski definition) is 3. The predicted molar refractivity (Wildman–Crippen MR) is 71.2 cm³/mol. The highest BCUT2D eigenvalue weighted by molar-refractivity contribution is 5.07. The van der Waals surface area contributed by atoms with Gasteiger partial charge in [0.25, 0.3) is 0 Å². The lowest BCUT2D eigenvalue weighted by Gasteiger charge is -2.09. The normalized spacial score (nSPS) is 11.3.